The van der Waals surface area contributed by atoms with Crippen molar-refractivity contribution in [3.05, 3.63) is 66.6 Å². The Hall–Kier alpha value is -2.55. The van der Waals surface area contributed by atoms with Gasteiger partial charge in [-0.15, -0.1) is 24.0 Å². The van der Waals surface area contributed by atoms with E-state index in [0.717, 1.165) is 17.0 Å². The number of anilines is 1. The van der Waals surface area contributed by atoms with E-state index in [9.17, 15) is 0 Å². The number of hydrogen-bond acceptors (Lipinski definition) is 4. The van der Waals surface area contributed by atoms with Crippen LogP contribution >= 0.6 is 24.0 Å². The van der Waals surface area contributed by atoms with Crippen LogP contribution in [-0.2, 0) is 6.54 Å². The van der Waals surface area contributed by atoms with E-state index in [1.54, 1.807) is 6.26 Å². The molecule has 0 saturated heterocycles. The fraction of sp³-hybridized carbons (Fsp3) is 0.200. The molecule has 0 bridgehead atoms. The molecule has 1 heterocycles. The van der Waals surface area contributed by atoms with Crippen LogP contribution in [0.1, 0.15) is 19.5 Å². The summed E-state index contributed by atoms with van der Waals surface area (Å²) in [6.45, 7) is 4.32. The molecule has 0 aliphatic rings. The van der Waals surface area contributed by atoms with Crippen molar-refractivity contribution in [1.82, 2.24) is 4.98 Å². The van der Waals surface area contributed by atoms with E-state index in [2.05, 4.69) is 15.3 Å². The van der Waals surface area contributed by atoms with Gasteiger partial charge >= 0.3 is 0 Å². The highest BCUT2D eigenvalue weighted by Gasteiger charge is 2.06. The molecule has 3 aromatic rings. The average molecular weight is 478 g/mol. The number of aromatic nitrogens is 1. The number of oxazole rings is 1. The summed E-state index contributed by atoms with van der Waals surface area (Å²) in [5.41, 5.74) is 8.42. The monoisotopic (exact) mass is 478 g/mol. The van der Waals surface area contributed by atoms with Crippen molar-refractivity contribution in [1.29, 1.82) is 0 Å². The molecule has 2 aromatic carbocycles. The number of halogens is 1. The molecule has 7 heteroatoms. The van der Waals surface area contributed by atoms with Crippen LogP contribution in [-0.4, -0.2) is 17.0 Å². The van der Waals surface area contributed by atoms with Crippen LogP contribution in [0.2, 0.25) is 0 Å². The highest BCUT2D eigenvalue weighted by molar-refractivity contribution is 14.0. The van der Waals surface area contributed by atoms with Crippen molar-refractivity contribution in [2.24, 2.45) is 10.7 Å². The van der Waals surface area contributed by atoms with Crippen molar-refractivity contribution in [3.8, 4) is 17.2 Å². The number of nitrogens with two attached hydrogens (primary N) is 1. The molecule has 6 nitrogen and oxygen atoms in total. The zero-order valence-electron chi connectivity index (χ0n) is 15.3. The van der Waals surface area contributed by atoms with E-state index < -0.39 is 0 Å². The van der Waals surface area contributed by atoms with E-state index in [4.69, 9.17) is 14.9 Å². The normalized spacial score (nSPS) is 11.1. The second-order valence-corrected chi connectivity index (χ2v) is 6.03. The molecule has 0 fully saturated rings. The van der Waals surface area contributed by atoms with Gasteiger partial charge in [0.1, 0.15) is 17.7 Å². The van der Waals surface area contributed by atoms with Gasteiger partial charge in [0.05, 0.1) is 12.6 Å². The molecular weight excluding hydrogens is 455 g/mol. The van der Waals surface area contributed by atoms with Crippen LogP contribution in [0.5, 0.6) is 5.75 Å². The first-order valence-corrected chi connectivity index (χ1v) is 8.43. The molecule has 142 valence electrons. The first kappa shape index (κ1) is 20.8. The van der Waals surface area contributed by atoms with Crippen molar-refractivity contribution >= 4 is 35.6 Å². The van der Waals surface area contributed by atoms with E-state index in [-0.39, 0.29) is 30.1 Å². The van der Waals surface area contributed by atoms with E-state index in [1.165, 1.54) is 0 Å². The number of aliphatic imine (C=N–C) groups is 1. The summed E-state index contributed by atoms with van der Waals surface area (Å²) in [5, 5.41) is 3.04. The Kier molecular flexibility index (Phi) is 7.66. The summed E-state index contributed by atoms with van der Waals surface area (Å²) >= 11 is 0. The van der Waals surface area contributed by atoms with Crippen LogP contribution in [0.15, 0.2) is 70.3 Å². The smallest absolute Gasteiger partial charge is 0.226 e. The van der Waals surface area contributed by atoms with Crippen LogP contribution in [0.4, 0.5) is 5.69 Å². The molecule has 0 unspecified atom stereocenters. The molecule has 1 aromatic heterocycles. The van der Waals surface area contributed by atoms with Crippen molar-refractivity contribution in [3.63, 3.8) is 0 Å². The largest absolute Gasteiger partial charge is 0.491 e. The fourth-order valence-electron chi connectivity index (χ4n) is 2.34. The van der Waals surface area contributed by atoms with Crippen LogP contribution in [0.25, 0.3) is 11.5 Å². The lowest BCUT2D eigenvalue weighted by molar-refractivity contribution is 0.242. The molecule has 0 aliphatic heterocycles. The minimum absolute atomic E-state index is 0. The van der Waals surface area contributed by atoms with Gasteiger partial charge in [-0.05, 0) is 50.2 Å². The average Bonchev–Trinajstić information content (AvgIpc) is 3.11. The second-order valence-electron chi connectivity index (χ2n) is 6.03. The maximum Gasteiger partial charge on any atom is 0.226 e. The molecular formula is C20H23IN4O2. The number of nitrogens with one attached hydrogen (secondary N) is 1. The van der Waals surface area contributed by atoms with Crippen molar-refractivity contribution < 1.29 is 9.15 Å². The van der Waals surface area contributed by atoms with E-state index >= 15 is 0 Å². The quantitative estimate of drug-likeness (QED) is 0.306. The van der Waals surface area contributed by atoms with Gasteiger partial charge in [-0.2, -0.15) is 0 Å². The van der Waals surface area contributed by atoms with Gasteiger partial charge in [0, 0.05) is 11.3 Å². The third kappa shape index (κ3) is 6.28. The zero-order valence-corrected chi connectivity index (χ0v) is 17.6. The summed E-state index contributed by atoms with van der Waals surface area (Å²) in [6, 6.07) is 17.3. The van der Waals surface area contributed by atoms with Crippen LogP contribution in [0.3, 0.4) is 0 Å². The van der Waals surface area contributed by atoms with Crippen molar-refractivity contribution in [2.75, 3.05) is 5.32 Å². The zero-order chi connectivity index (χ0) is 18.4. The molecule has 0 aliphatic carbocycles. The van der Waals surface area contributed by atoms with Gasteiger partial charge in [0.2, 0.25) is 5.89 Å². The third-order valence-corrected chi connectivity index (χ3v) is 3.48. The maximum atomic E-state index is 5.94. The maximum absolute atomic E-state index is 5.94. The first-order chi connectivity index (χ1) is 12.6. The van der Waals surface area contributed by atoms with Crippen LogP contribution < -0.4 is 15.8 Å². The topological polar surface area (TPSA) is 85.7 Å². The minimum Gasteiger partial charge on any atom is -0.491 e. The van der Waals surface area contributed by atoms with E-state index in [1.807, 2.05) is 68.4 Å². The summed E-state index contributed by atoms with van der Waals surface area (Å²) in [7, 11) is 0. The Labute approximate surface area is 175 Å². The van der Waals surface area contributed by atoms with Gasteiger partial charge in [-0.25, -0.2) is 9.98 Å². The Bertz CT molecular complexity index is 861. The summed E-state index contributed by atoms with van der Waals surface area (Å²) < 4.78 is 11.1. The molecule has 27 heavy (non-hydrogen) atoms. The lowest BCUT2D eigenvalue weighted by atomic mass is 10.2. The fourth-order valence-corrected chi connectivity index (χ4v) is 2.34. The Morgan fingerprint density at radius 3 is 2.52 bits per heavy atom. The van der Waals surface area contributed by atoms with Gasteiger partial charge in [0.25, 0.3) is 0 Å². The Morgan fingerprint density at radius 1 is 1.15 bits per heavy atom. The molecule has 3 rings (SSSR count). The van der Waals surface area contributed by atoms with Gasteiger partial charge in [-0.1, -0.05) is 18.2 Å². The Balaban J connectivity index is 0.00000261. The second kappa shape index (κ2) is 9.96. The van der Waals surface area contributed by atoms with Crippen LogP contribution in [0, 0.1) is 0 Å². The number of benzene rings is 2. The number of rotatable bonds is 6. The third-order valence-electron chi connectivity index (χ3n) is 3.48. The first-order valence-electron chi connectivity index (χ1n) is 8.43. The number of guanidine groups is 1. The van der Waals surface area contributed by atoms with Gasteiger partial charge in [0.15, 0.2) is 5.96 Å². The minimum atomic E-state index is 0. The molecule has 3 N–H and O–H groups in total. The molecule has 0 amide bonds. The van der Waals surface area contributed by atoms with E-state index in [0.29, 0.717) is 24.1 Å². The van der Waals surface area contributed by atoms with Crippen molar-refractivity contribution in [2.45, 2.75) is 26.5 Å². The molecule has 0 spiro atoms. The van der Waals surface area contributed by atoms with Gasteiger partial charge < -0.3 is 20.2 Å². The number of ether oxygens (including phenoxy) is 1. The SMILES string of the molecule is CC(C)Oc1ccc(NC(N)=NCc2coc(-c3ccccc3)n2)cc1.I. The lowest BCUT2D eigenvalue weighted by Crippen LogP contribution is -2.22. The Morgan fingerprint density at radius 2 is 1.85 bits per heavy atom. The predicted molar refractivity (Wildman–Crippen MR) is 119 cm³/mol. The highest BCUT2D eigenvalue weighted by atomic mass is 127. The van der Waals surface area contributed by atoms with Gasteiger partial charge in [-0.3, -0.25) is 0 Å². The summed E-state index contributed by atoms with van der Waals surface area (Å²) in [5.74, 6) is 1.70. The number of nitrogens with zero attached hydrogens (tertiary/aromatic N) is 2. The predicted octanol–water partition coefficient (Wildman–Crippen LogP) is 4.67. The molecule has 0 atom stereocenters. The number of hydrogen-bond donors (Lipinski definition) is 2. The summed E-state index contributed by atoms with van der Waals surface area (Å²) in [4.78, 5) is 8.72. The molecule has 0 saturated carbocycles. The lowest BCUT2D eigenvalue weighted by Gasteiger charge is -2.10. The highest BCUT2D eigenvalue weighted by Crippen LogP contribution is 2.19. The summed E-state index contributed by atoms with van der Waals surface area (Å²) in [6.07, 6.45) is 1.74. The molecule has 0 radical (unpaired) electrons. The standard InChI is InChI=1S/C20H22N4O2.HI/c1-14(2)26-18-10-8-16(9-11-18)24-20(21)22-12-17-13-25-19(23-17)15-6-4-3-5-7-15;/h3-11,13-14H,12H2,1-2H3,(H3,21,22,24);1H.